The van der Waals surface area contributed by atoms with Gasteiger partial charge in [-0.05, 0) is 73.9 Å². The Balaban J connectivity index is 0.557. The summed E-state index contributed by atoms with van der Waals surface area (Å²) in [6.07, 6.45) is 6.65. The van der Waals surface area contributed by atoms with Crippen molar-refractivity contribution in [1.29, 1.82) is 0 Å². The van der Waals surface area contributed by atoms with Crippen LogP contribution in [-0.4, -0.2) is 228 Å². The SMILES string of the molecule is NC1(C(=O)N[C@@H](CCN2CCN(C(=O)CCOCCOCCOCCOCCOCCOCCOCCOCCCc3cccc4c3C(=O)N(C3CCC(=O)NC3=O)C4=O)CC2)c2ccc(Cl)cc2)CCN(c2ncnc3[nH]ccc23)CC1. The molecular formula is C58H79ClN10O14. The Morgan fingerprint density at radius 2 is 1.30 bits per heavy atom. The number of carbonyl (C=O) groups excluding carboxylic acids is 6. The molecule has 4 aliphatic heterocycles. The number of nitrogens with one attached hydrogen (secondary N) is 3. The number of halogens is 1. The number of aryl methyl sites for hydroxylation is 1. The lowest BCUT2D eigenvalue weighted by Crippen LogP contribution is -2.60. The number of amides is 6. The van der Waals surface area contributed by atoms with E-state index in [1.54, 1.807) is 24.5 Å². The Kier molecular flexibility index (Phi) is 25.0. The van der Waals surface area contributed by atoms with Crippen molar-refractivity contribution < 1.29 is 66.7 Å². The van der Waals surface area contributed by atoms with Gasteiger partial charge >= 0.3 is 0 Å². The number of nitrogens with two attached hydrogens (primary N) is 1. The second kappa shape index (κ2) is 32.9. The number of hydrogen-bond acceptors (Lipinski definition) is 19. The number of aromatic nitrogens is 3. The van der Waals surface area contributed by atoms with E-state index in [-0.39, 0.29) is 36.3 Å². The number of ether oxygens (including phenoxy) is 8. The third-order valence-electron chi connectivity index (χ3n) is 15.1. The Morgan fingerprint density at radius 1 is 0.711 bits per heavy atom. The van der Waals surface area contributed by atoms with Crippen LogP contribution >= 0.6 is 11.6 Å². The second-order valence-corrected chi connectivity index (χ2v) is 21.1. The van der Waals surface area contributed by atoms with E-state index in [1.807, 2.05) is 41.4 Å². The average Bonchev–Trinajstić information content (AvgIpc) is 2.54. The minimum Gasteiger partial charge on any atom is -0.379 e. The van der Waals surface area contributed by atoms with Gasteiger partial charge in [0.05, 0.1) is 134 Å². The highest BCUT2D eigenvalue weighted by molar-refractivity contribution is 6.30. The maximum absolute atomic E-state index is 13.9. The number of aromatic amines is 1. The number of rotatable bonds is 36. The predicted molar refractivity (Wildman–Crippen MR) is 305 cm³/mol. The van der Waals surface area contributed by atoms with E-state index in [1.165, 1.54) is 0 Å². The van der Waals surface area contributed by atoms with E-state index < -0.39 is 35.2 Å². The van der Waals surface area contributed by atoms with Crippen LogP contribution in [0.25, 0.3) is 11.0 Å². The van der Waals surface area contributed by atoms with Crippen molar-refractivity contribution in [3.8, 4) is 0 Å². The molecule has 0 radical (unpaired) electrons. The molecule has 5 N–H and O–H groups in total. The summed E-state index contributed by atoms with van der Waals surface area (Å²) in [4.78, 5) is 96.5. The maximum atomic E-state index is 13.9. The Bertz CT molecular complexity index is 2740. The molecule has 4 aromatic rings. The fraction of sp³-hybridized carbons (Fsp3) is 0.586. The van der Waals surface area contributed by atoms with E-state index >= 15 is 0 Å². The molecule has 0 saturated carbocycles. The second-order valence-electron chi connectivity index (χ2n) is 20.7. The van der Waals surface area contributed by atoms with Crippen LogP contribution in [0, 0.1) is 0 Å². The van der Waals surface area contributed by atoms with E-state index in [0.29, 0.717) is 181 Å². The molecule has 1 unspecified atom stereocenters. The van der Waals surface area contributed by atoms with Crippen molar-refractivity contribution in [3.05, 3.63) is 88.3 Å². The summed E-state index contributed by atoms with van der Waals surface area (Å²) in [6, 6.07) is 13.4. The van der Waals surface area contributed by atoms with Gasteiger partial charge in [-0.3, -0.25) is 43.9 Å². The zero-order valence-corrected chi connectivity index (χ0v) is 48.0. The standard InChI is InChI=1S/C58H79ClN10O14/c59-44-8-6-42(7-9-44)47(64-57(75)58(60)15-19-68(20-16-58)53-46-12-17-61-52(46)62-41-63-53)13-18-66-21-23-67(24-22-66)50(71)14-26-77-28-30-79-32-34-81-36-38-83-40-39-82-37-35-80-33-31-78-29-27-76-25-2-4-43-3-1-5-45-51(43)56(74)69(55(45)73)48-10-11-49(70)65-54(48)72/h1,3,5-9,12,17,41,47-48H,2,4,10-11,13-16,18-40,60H2,(H,64,75)(H,61,62,63)(H,65,70,72)/t47-,48?/m0/s1. The first-order valence-electron chi connectivity index (χ1n) is 28.8. The number of carbonyl (C=O) groups is 6. The normalized spacial score (nSPS) is 17.8. The molecule has 2 aromatic heterocycles. The van der Waals surface area contributed by atoms with E-state index in [4.69, 9.17) is 55.2 Å². The molecule has 0 aliphatic carbocycles. The molecule has 4 aliphatic rings. The summed E-state index contributed by atoms with van der Waals surface area (Å²) in [6.45, 7) is 11.2. The molecule has 452 valence electrons. The van der Waals surface area contributed by atoms with E-state index in [2.05, 4.69) is 35.4 Å². The molecule has 8 rings (SSSR count). The van der Waals surface area contributed by atoms with Crippen LogP contribution in [0.3, 0.4) is 0 Å². The van der Waals surface area contributed by atoms with Crippen LogP contribution < -0.4 is 21.3 Å². The molecule has 6 amide bonds. The molecule has 2 atom stereocenters. The third-order valence-corrected chi connectivity index (χ3v) is 15.4. The van der Waals surface area contributed by atoms with Gasteiger partial charge in [-0.2, -0.15) is 0 Å². The Labute approximate surface area is 488 Å². The van der Waals surface area contributed by atoms with Crippen molar-refractivity contribution in [3.63, 3.8) is 0 Å². The van der Waals surface area contributed by atoms with Crippen molar-refractivity contribution in [2.75, 3.05) is 156 Å². The first kappa shape index (κ1) is 63.0. The highest BCUT2D eigenvalue weighted by Crippen LogP contribution is 2.32. The molecule has 25 heteroatoms. The smallest absolute Gasteiger partial charge is 0.262 e. The number of benzene rings is 2. The number of H-pyrrole nitrogens is 1. The predicted octanol–water partition coefficient (Wildman–Crippen LogP) is 2.86. The van der Waals surface area contributed by atoms with Gasteiger partial charge in [0, 0.05) is 70.1 Å². The molecule has 24 nitrogen and oxygen atoms in total. The molecule has 0 spiro atoms. The van der Waals surface area contributed by atoms with Crippen LogP contribution in [0.2, 0.25) is 5.02 Å². The van der Waals surface area contributed by atoms with Crippen LogP contribution in [0.1, 0.15) is 82.8 Å². The summed E-state index contributed by atoms with van der Waals surface area (Å²) in [7, 11) is 0. The number of nitrogens with zero attached hydrogens (tertiary/aromatic N) is 6. The van der Waals surface area contributed by atoms with Gasteiger partial charge in [0.1, 0.15) is 23.8 Å². The van der Waals surface area contributed by atoms with Gasteiger partial charge in [0.25, 0.3) is 11.8 Å². The molecule has 6 heterocycles. The van der Waals surface area contributed by atoms with Gasteiger partial charge < -0.3 is 63.7 Å². The zero-order chi connectivity index (χ0) is 58.2. The number of fused-ring (bicyclic) bond motifs is 2. The molecule has 3 saturated heterocycles. The molecule has 83 heavy (non-hydrogen) atoms. The summed E-state index contributed by atoms with van der Waals surface area (Å²) < 4.78 is 44.8. The third kappa shape index (κ3) is 18.5. The summed E-state index contributed by atoms with van der Waals surface area (Å²) in [5.74, 6) is -1.33. The lowest BCUT2D eigenvalue weighted by molar-refractivity contribution is -0.136. The average molecular weight is 1180 g/mol. The summed E-state index contributed by atoms with van der Waals surface area (Å²) in [5.41, 5.74) is 8.84. The topological polar surface area (TPSA) is 281 Å². The number of anilines is 1. The van der Waals surface area contributed by atoms with Crippen LogP contribution in [0.5, 0.6) is 0 Å². The van der Waals surface area contributed by atoms with Gasteiger partial charge in [0.2, 0.25) is 23.6 Å². The fourth-order valence-electron chi connectivity index (χ4n) is 10.4. The molecule has 2 aromatic carbocycles. The van der Waals surface area contributed by atoms with Gasteiger partial charge in [0.15, 0.2) is 0 Å². The monoisotopic (exact) mass is 1170 g/mol. The van der Waals surface area contributed by atoms with Gasteiger partial charge in [-0.25, -0.2) is 9.97 Å². The highest BCUT2D eigenvalue weighted by Gasteiger charge is 2.45. The van der Waals surface area contributed by atoms with E-state index in [0.717, 1.165) is 52.5 Å². The van der Waals surface area contributed by atoms with Crippen LogP contribution in [-0.2, 0) is 63.5 Å². The highest BCUT2D eigenvalue weighted by atomic mass is 35.5. The van der Waals surface area contributed by atoms with Crippen LogP contribution in [0.4, 0.5) is 5.82 Å². The lowest BCUT2D eigenvalue weighted by Gasteiger charge is -2.39. The quantitative estimate of drug-likeness (QED) is 0.0376. The fourth-order valence-corrected chi connectivity index (χ4v) is 10.6. The Morgan fingerprint density at radius 3 is 1.90 bits per heavy atom. The minimum atomic E-state index is -1.02. The van der Waals surface area contributed by atoms with Crippen molar-refractivity contribution in [1.82, 2.24) is 40.3 Å². The van der Waals surface area contributed by atoms with E-state index in [9.17, 15) is 28.8 Å². The minimum absolute atomic E-state index is 0.0649. The molecule has 0 bridgehead atoms. The molecular weight excluding hydrogens is 1100 g/mol. The first-order chi connectivity index (χ1) is 40.5. The Hall–Kier alpha value is -6.03. The number of piperazine rings is 1. The van der Waals surface area contributed by atoms with Gasteiger partial charge in [-0.15, -0.1) is 0 Å². The summed E-state index contributed by atoms with van der Waals surface area (Å²) in [5, 5.41) is 7.07. The summed E-state index contributed by atoms with van der Waals surface area (Å²) >= 11 is 6.24. The zero-order valence-electron chi connectivity index (χ0n) is 47.2. The first-order valence-corrected chi connectivity index (χ1v) is 29.2. The van der Waals surface area contributed by atoms with Crippen molar-refractivity contribution in [2.24, 2.45) is 5.73 Å². The van der Waals surface area contributed by atoms with Crippen molar-refractivity contribution >= 4 is 63.9 Å². The number of piperidine rings is 2. The van der Waals surface area contributed by atoms with Crippen molar-refractivity contribution in [2.45, 2.75) is 69.0 Å². The number of hydrogen-bond donors (Lipinski definition) is 4. The number of imide groups is 2. The maximum Gasteiger partial charge on any atom is 0.262 e. The van der Waals surface area contributed by atoms with Gasteiger partial charge in [-0.1, -0.05) is 35.9 Å². The largest absolute Gasteiger partial charge is 0.379 e. The molecule has 3 fully saturated rings. The lowest BCUT2D eigenvalue weighted by atomic mass is 9.87. The van der Waals surface area contributed by atoms with Crippen LogP contribution in [0.15, 0.2) is 61.1 Å².